The van der Waals surface area contributed by atoms with Crippen LogP contribution in [0.15, 0.2) is 0 Å². The summed E-state index contributed by atoms with van der Waals surface area (Å²) in [6, 6.07) is -0.114. The van der Waals surface area contributed by atoms with Crippen molar-refractivity contribution >= 4 is 17.7 Å². The van der Waals surface area contributed by atoms with E-state index in [-0.39, 0.29) is 12.0 Å². The summed E-state index contributed by atoms with van der Waals surface area (Å²) in [4.78, 5) is 13.6. The molecule has 0 aromatic heterocycles. The SMILES string of the molecule is COC(=O)C(C)(C)[C@@H](C)NCl. The summed E-state index contributed by atoms with van der Waals surface area (Å²) >= 11 is 5.38. The molecule has 4 heteroatoms. The lowest BCUT2D eigenvalue weighted by Gasteiger charge is -2.26. The maximum Gasteiger partial charge on any atom is 0.312 e. The lowest BCUT2D eigenvalue weighted by Crippen LogP contribution is -2.41. The normalized spacial score (nSPS) is 14.3. The van der Waals surface area contributed by atoms with Crippen LogP contribution in [0.1, 0.15) is 20.8 Å². The van der Waals surface area contributed by atoms with Gasteiger partial charge < -0.3 is 4.74 Å². The van der Waals surface area contributed by atoms with Crippen LogP contribution in [-0.4, -0.2) is 19.1 Å². The van der Waals surface area contributed by atoms with Crippen molar-refractivity contribution in [1.82, 2.24) is 4.84 Å². The lowest BCUT2D eigenvalue weighted by molar-refractivity contribution is -0.151. The fourth-order valence-corrected chi connectivity index (χ4v) is 0.849. The van der Waals surface area contributed by atoms with E-state index >= 15 is 0 Å². The predicted molar refractivity (Wildman–Crippen MR) is 44.2 cm³/mol. The Morgan fingerprint density at radius 3 is 2.36 bits per heavy atom. The summed E-state index contributed by atoms with van der Waals surface area (Å²) in [7, 11) is 1.37. The van der Waals surface area contributed by atoms with Gasteiger partial charge in [-0.2, -0.15) is 0 Å². The van der Waals surface area contributed by atoms with Crippen molar-refractivity contribution in [3.63, 3.8) is 0 Å². The van der Waals surface area contributed by atoms with Gasteiger partial charge >= 0.3 is 5.97 Å². The highest BCUT2D eigenvalue weighted by molar-refractivity contribution is 6.13. The molecule has 11 heavy (non-hydrogen) atoms. The quantitative estimate of drug-likeness (QED) is 0.525. The number of methoxy groups -OCH3 is 1. The number of hydrogen-bond donors (Lipinski definition) is 1. The molecule has 0 rings (SSSR count). The zero-order valence-corrected chi connectivity index (χ0v) is 8.03. The largest absolute Gasteiger partial charge is 0.469 e. The minimum absolute atomic E-state index is 0.114. The molecule has 0 aliphatic heterocycles. The number of rotatable bonds is 3. The van der Waals surface area contributed by atoms with Crippen LogP contribution in [0.3, 0.4) is 0 Å². The van der Waals surface area contributed by atoms with Gasteiger partial charge in [-0.05, 0) is 32.5 Å². The number of halogens is 1. The molecule has 1 atom stereocenters. The highest BCUT2D eigenvalue weighted by atomic mass is 35.5. The van der Waals surface area contributed by atoms with Crippen molar-refractivity contribution in [3.8, 4) is 0 Å². The van der Waals surface area contributed by atoms with E-state index in [1.54, 1.807) is 13.8 Å². The van der Waals surface area contributed by atoms with Gasteiger partial charge in [0.25, 0.3) is 0 Å². The predicted octanol–water partition coefficient (Wildman–Crippen LogP) is 1.32. The van der Waals surface area contributed by atoms with Gasteiger partial charge in [-0.15, -0.1) is 0 Å². The van der Waals surface area contributed by atoms with E-state index in [1.165, 1.54) is 7.11 Å². The van der Waals surface area contributed by atoms with E-state index in [4.69, 9.17) is 11.8 Å². The van der Waals surface area contributed by atoms with Gasteiger partial charge in [-0.25, -0.2) is 4.84 Å². The van der Waals surface area contributed by atoms with Crippen LogP contribution in [0.4, 0.5) is 0 Å². The van der Waals surface area contributed by atoms with Gasteiger partial charge in [0.05, 0.1) is 12.5 Å². The first-order chi connectivity index (χ1) is 4.96. The number of hydrogen-bond acceptors (Lipinski definition) is 3. The molecule has 1 N–H and O–H groups in total. The molecule has 3 nitrogen and oxygen atoms in total. The maximum atomic E-state index is 11.1. The van der Waals surface area contributed by atoms with Gasteiger partial charge in [-0.1, -0.05) is 0 Å². The van der Waals surface area contributed by atoms with Crippen LogP contribution in [0.5, 0.6) is 0 Å². The molecule has 0 spiro atoms. The van der Waals surface area contributed by atoms with Gasteiger partial charge in [0.2, 0.25) is 0 Å². The number of esters is 1. The third-order valence-electron chi connectivity index (χ3n) is 1.96. The van der Waals surface area contributed by atoms with Crippen LogP contribution in [0.2, 0.25) is 0 Å². The number of ether oxygens (including phenoxy) is 1. The molecule has 0 heterocycles. The molecular weight excluding hydrogens is 166 g/mol. The van der Waals surface area contributed by atoms with Crippen molar-refractivity contribution in [2.75, 3.05) is 7.11 Å². The second-order valence-electron chi connectivity index (χ2n) is 3.04. The lowest BCUT2D eigenvalue weighted by atomic mass is 9.86. The molecule has 0 aliphatic rings. The highest BCUT2D eigenvalue weighted by Gasteiger charge is 2.34. The molecule has 0 fully saturated rings. The number of carbonyl (C=O) groups is 1. The van der Waals surface area contributed by atoms with E-state index in [1.807, 2.05) is 6.92 Å². The summed E-state index contributed by atoms with van der Waals surface area (Å²) in [5.41, 5.74) is -0.587. The fourth-order valence-electron chi connectivity index (χ4n) is 0.576. The van der Waals surface area contributed by atoms with E-state index in [0.29, 0.717) is 0 Å². The topological polar surface area (TPSA) is 38.3 Å². The van der Waals surface area contributed by atoms with Crippen LogP contribution in [0, 0.1) is 5.41 Å². The van der Waals surface area contributed by atoms with Crippen LogP contribution in [-0.2, 0) is 9.53 Å². The Bertz CT molecular complexity index is 147. The summed E-state index contributed by atoms with van der Waals surface area (Å²) in [5.74, 6) is -0.266. The molecule has 0 saturated heterocycles. The third kappa shape index (κ3) is 2.34. The van der Waals surface area contributed by atoms with Gasteiger partial charge in [0.15, 0.2) is 0 Å². The highest BCUT2D eigenvalue weighted by Crippen LogP contribution is 2.22. The van der Waals surface area contributed by atoms with E-state index in [9.17, 15) is 4.79 Å². The molecule has 0 aliphatic carbocycles. The standard InChI is InChI=1S/C7H14ClNO2/c1-5(9-8)7(2,3)6(10)11-4/h5,9H,1-4H3/t5-/m1/s1. The molecule has 0 bridgehead atoms. The summed E-state index contributed by atoms with van der Waals surface area (Å²) in [6.45, 7) is 5.38. The minimum atomic E-state index is -0.587. The van der Waals surface area contributed by atoms with Gasteiger partial charge in [-0.3, -0.25) is 4.79 Å². The van der Waals surface area contributed by atoms with E-state index in [0.717, 1.165) is 0 Å². The first-order valence-corrected chi connectivity index (χ1v) is 3.79. The first-order valence-electron chi connectivity index (χ1n) is 3.41. The smallest absolute Gasteiger partial charge is 0.312 e. The Kier molecular flexibility index (Phi) is 3.83. The zero-order chi connectivity index (χ0) is 9.07. The molecule has 66 valence electrons. The van der Waals surface area contributed by atoms with Crippen molar-refractivity contribution < 1.29 is 9.53 Å². The Balaban J connectivity index is 4.31. The first kappa shape index (κ1) is 10.7. The molecule has 0 unspecified atom stereocenters. The Hall–Kier alpha value is -0.280. The van der Waals surface area contributed by atoms with Crippen molar-refractivity contribution in [1.29, 1.82) is 0 Å². The Morgan fingerprint density at radius 2 is 2.09 bits per heavy atom. The summed E-state index contributed by atoms with van der Waals surface area (Å²) in [6.07, 6.45) is 0. The van der Waals surface area contributed by atoms with E-state index < -0.39 is 5.41 Å². The average molecular weight is 180 g/mol. The second kappa shape index (κ2) is 3.93. The van der Waals surface area contributed by atoms with Crippen LogP contribution >= 0.6 is 11.8 Å². The molecule has 0 aromatic rings. The van der Waals surface area contributed by atoms with Crippen LogP contribution in [0.25, 0.3) is 0 Å². The Labute approximate surface area is 72.2 Å². The van der Waals surface area contributed by atoms with Crippen molar-refractivity contribution in [2.45, 2.75) is 26.8 Å². The van der Waals surface area contributed by atoms with E-state index in [2.05, 4.69) is 9.57 Å². The van der Waals surface area contributed by atoms with Crippen molar-refractivity contribution in [3.05, 3.63) is 0 Å². The maximum absolute atomic E-state index is 11.1. The second-order valence-corrected chi connectivity index (χ2v) is 3.26. The Morgan fingerprint density at radius 1 is 1.64 bits per heavy atom. The molecular formula is C7H14ClNO2. The fraction of sp³-hybridized carbons (Fsp3) is 0.857. The average Bonchev–Trinajstić information content (AvgIpc) is 2.01. The monoisotopic (exact) mass is 179 g/mol. The zero-order valence-electron chi connectivity index (χ0n) is 7.27. The van der Waals surface area contributed by atoms with Crippen LogP contribution < -0.4 is 4.84 Å². The summed E-state index contributed by atoms with van der Waals surface area (Å²) in [5, 5.41) is 0. The summed E-state index contributed by atoms with van der Waals surface area (Å²) < 4.78 is 4.60. The number of carbonyl (C=O) groups excluding carboxylic acids is 1. The number of nitrogens with one attached hydrogen (secondary N) is 1. The third-order valence-corrected chi connectivity index (χ3v) is 2.29. The molecule has 0 amide bonds. The molecule has 0 aromatic carbocycles. The minimum Gasteiger partial charge on any atom is -0.469 e. The molecule has 0 radical (unpaired) electrons. The molecule has 0 saturated carbocycles. The van der Waals surface area contributed by atoms with Gasteiger partial charge in [0.1, 0.15) is 0 Å². The van der Waals surface area contributed by atoms with Crippen molar-refractivity contribution in [2.24, 2.45) is 5.41 Å². The van der Waals surface area contributed by atoms with Gasteiger partial charge in [0, 0.05) is 6.04 Å².